The molecule has 0 radical (unpaired) electrons. The number of ether oxygens (including phenoxy) is 1. The fraction of sp³-hybridized carbons (Fsp3) is 0.273. The number of amides is 2. The van der Waals surface area contributed by atoms with Crippen LogP contribution in [0.4, 0.5) is 11.4 Å². The Kier molecular flexibility index (Phi) is 3.40. The minimum Gasteiger partial charge on any atom is -0.482 e. The van der Waals surface area contributed by atoms with E-state index >= 15 is 0 Å². The number of rotatable bonds is 2. The number of nitrogens with one attached hydrogen (secondary N) is 2. The number of anilines is 2. The number of halogens is 1. The minimum absolute atomic E-state index is 0.0602. The van der Waals surface area contributed by atoms with Gasteiger partial charge in [-0.05, 0) is 13.0 Å². The van der Waals surface area contributed by atoms with E-state index in [1.54, 1.807) is 13.0 Å². The Morgan fingerprint density at radius 3 is 3.00 bits per heavy atom. The molecule has 2 amide bonds. The highest BCUT2D eigenvalue weighted by Crippen LogP contribution is 2.36. The Bertz CT molecular complexity index is 517. The third-order valence-electron chi connectivity index (χ3n) is 2.37. The summed E-state index contributed by atoms with van der Waals surface area (Å²) in [5.41, 5.74) is 6.33. The molecule has 0 aromatic heterocycles. The number of fused-ring (bicyclic) bond motifs is 1. The van der Waals surface area contributed by atoms with Crippen LogP contribution in [0.25, 0.3) is 0 Å². The maximum Gasteiger partial charge on any atom is 0.262 e. The van der Waals surface area contributed by atoms with Gasteiger partial charge in [-0.15, -0.1) is 0 Å². The van der Waals surface area contributed by atoms with E-state index in [0.717, 1.165) is 0 Å². The average Bonchev–Trinajstić information content (AvgIpc) is 2.30. The number of hydrogen-bond acceptors (Lipinski definition) is 4. The largest absolute Gasteiger partial charge is 0.482 e. The molecule has 1 aromatic rings. The fourth-order valence-electron chi connectivity index (χ4n) is 1.44. The summed E-state index contributed by atoms with van der Waals surface area (Å²) in [6, 6.07) is 2.43. The summed E-state index contributed by atoms with van der Waals surface area (Å²) in [6.07, 6.45) is 0. The van der Waals surface area contributed by atoms with E-state index in [2.05, 4.69) is 10.6 Å². The van der Waals surface area contributed by atoms with Gasteiger partial charge in [0.1, 0.15) is 5.75 Å². The van der Waals surface area contributed by atoms with Crippen molar-refractivity contribution in [2.45, 2.75) is 13.0 Å². The zero-order valence-corrected chi connectivity index (χ0v) is 10.4. The molecule has 0 saturated carbocycles. The van der Waals surface area contributed by atoms with Crippen LogP contribution in [0.1, 0.15) is 6.92 Å². The van der Waals surface area contributed by atoms with E-state index in [-0.39, 0.29) is 18.4 Å². The molecular formula is C11H12ClN3O3. The molecule has 2 rings (SSSR count). The van der Waals surface area contributed by atoms with E-state index in [0.29, 0.717) is 22.1 Å². The van der Waals surface area contributed by atoms with E-state index in [1.807, 2.05) is 0 Å². The summed E-state index contributed by atoms with van der Waals surface area (Å²) in [6.45, 7) is 1.51. The Labute approximate surface area is 108 Å². The van der Waals surface area contributed by atoms with Crippen LogP contribution in [0, 0.1) is 0 Å². The van der Waals surface area contributed by atoms with Crippen molar-refractivity contribution in [1.29, 1.82) is 0 Å². The van der Waals surface area contributed by atoms with Gasteiger partial charge in [0.05, 0.1) is 22.4 Å². The molecule has 1 aromatic carbocycles. The van der Waals surface area contributed by atoms with Gasteiger partial charge in [-0.25, -0.2) is 0 Å². The Morgan fingerprint density at radius 2 is 2.33 bits per heavy atom. The fourth-order valence-corrected chi connectivity index (χ4v) is 1.65. The summed E-state index contributed by atoms with van der Waals surface area (Å²) >= 11 is 6.00. The average molecular weight is 270 g/mol. The molecule has 4 N–H and O–H groups in total. The van der Waals surface area contributed by atoms with Gasteiger partial charge in [0, 0.05) is 6.07 Å². The molecule has 1 atom stereocenters. The van der Waals surface area contributed by atoms with Crippen LogP contribution >= 0.6 is 11.6 Å². The van der Waals surface area contributed by atoms with Crippen molar-refractivity contribution in [1.82, 2.24) is 0 Å². The number of hydrogen-bond donors (Lipinski definition) is 3. The molecule has 6 nitrogen and oxygen atoms in total. The normalized spacial score (nSPS) is 15.2. The molecule has 1 aliphatic rings. The van der Waals surface area contributed by atoms with Crippen LogP contribution in [-0.2, 0) is 9.59 Å². The predicted molar refractivity (Wildman–Crippen MR) is 67.9 cm³/mol. The summed E-state index contributed by atoms with van der Waals surface area (Å²) in [5, 5.41) is 5.50. The van der Waals surface area contributed by atoms with Crippen LogP contribution < -0.4 is 21.1 Å². The first-order valence-electron chi connectivity index (χ1n) is 5.30. The van der Waals surface area contributed by atoms with E-state index in [9.17, 15) is 9.59 Å². The van der Waals surface area contributed by atoms with Gasteiger partial charge in [-0.1, -0.05) is 11.6 Å². The molecule has 0 fully saturated rings. The quantitative estimate of drug-likeness (QED) is 0.745. The van der Waals surface area contributed by atoms with Crippen molar-refractivity contribution < 1.29 is 14.3 Å². The first kappa shape index (κ1) is 12.7. The van der Waals surface area contributed by atoms with Gasteiger partial charge in [0.2, 0.25) is 5.91 Å². The zero-order valence-electron chi connectivity index (χ0n) is 9.62. The van der Waals surface area contributed by atoms with Gasteiger partial charge in [0.25, 0.3) is 5.91 Å². The lowest BCUT2D eigenvalue weighted by molar-refractivity contribution is -0.119. The number of carbonyl (C=O) groups is 2. The van der Waals surface area contributed by atoms with Crippen molar-refractivity contribution in [3.63, 3.8) is 0 Å². The lowest BCUT2D eigenvalue weighted by Gasteiger charge is -2.20. The summed E-state index contributed by atoms with van der Waals surface area (Å²) in [7, 11) is 0. The topological polar surface area (TPSA) is 93.5 Å². The molecule has 0 saturated heterocycles. The highest BCUT2D eigenvalue weighted by Gasteiger charge is 2.19. The Morgan fingerprint density at radius 1 is 1.61 bits per heavy atom. The van der Waals surface area contributed by atoms with E-state index in [1.165, 1.54) is 6.07 Å². The molecule has 0 aliphatic carbocycles. The second-order valence-electron chi connectivity index (χ2n) is 3.94. The zero-order chi connectivity index (χ0) is 13.3. The molecular weight excluding hydrogens is 258 g/mol. The van der Waals surface area contributed by atoms with Gasteiger partial charge >= 0.3 is 0 Å². The van der Waals surface area contributed by atoms with Crippen molar-refractivity contribution in [3.05, 3.63) is 17.2 Å². The van der Waals surface area contributed by atoms with Gasteiger partial charge < -0.3 is 21.1 Å². The molecule has 1 aliphatic heterocycles. The van der Waals surface area contributed by atoms with Crippen LogP contribution in [0.5, 0.6) is 5.75 Å². The second kappa shape index (κ2) is 4.83. The third kappa shape index (κ3) is 2.55. The van der Waals surface area contributed by atoms with Gasteiger partial charge in [0.15, 0.2) is 6.61 Å². The van der Waals surface area contributed by atoms with Crippen molar-refractivity contribution >= 4 is 34.8 Å². The maximum atomic E-state index is 11.5. The maximum absolute atomic E-state index is 11.5. The first-order valence-corrected chi connectivity index (χ1v) is 5.68. The lowest BCUT2D eigenvalue weighted by Crippen LogP contribution is -2.32. The highest BCUT2D eigenvalue weighted by atomic mass is 35.5. The standard InChI is InChI=1S/C11H12ClN3O3/c1-5(13)11(17)15-7-3-9-8(2-6(7)12)14-10(16)4-18-9/h2-3,5H,4,13H2,1H3,(H,14,16)(H,15,17)/t5-/m1/s1. The van der Waals surface area contributed by atoms with Gasteiger partial charge in [-0.3, -0.25) is 9.59 Å². The first-order chi connectivity index (χ1) is 8.47. The molecule has 18 heavy (non-hydrogen) atoms. The number of benzene rings is 1. The summed E-state index contributed by atoms with van der Waals surface area (Å²) in [5.74, 6) is -0.137. The molecule has 0 bridgehead atoms. The van der Waals surface area contributed by atoms with Crippen LogP contribution in [0.2, 0.25) is 5.02 Å². The van der Waals surface area contributed by atoms with Crippen LogP contribution in [0.15, 0.2) is 12.1 Å². The second-order valence-corrected chi connectivity index (χ2v) is 4.35. The number of carbonyl (C=O) groups excluding carboxylic acids is 2. The summed E-state index contributed by atoms with van der Waals surface area (Å²) < 4.78 is 5.22. The Balaban J connectivity index is 2.28. The van der Waals surface area contributed by atoms with Crippen molar-refractivity contribution in [3.8, 4) is 5.75 Å². The monoisotopic (exact) mass is 269 g/mol. The van der Waals surface area contributed by atoms with Gasteiger partial charge in [-0.2, -0.15) is 0 Å². The SMILES string of the molecule is C[C@@H](N)C(=O)Nc1cc2c(cc1Cl)NC(=O)CO2. The predicted octanol–water partition coefficient (Wildman–Crippen LogP) is 0.957. The van der Waals surface area contributed by atoms with Crippen molar-refractivity contribution in [2.24, 2.45) is 5.73 Å². The molecule has 96 valence electrons. The lowest BCUT2D eigenvalue weighted by atomic mass is 10.2. The number of nitrogens with two attached hydrogens (primary N) is 1. The minimum atomic E-state index is -0.641. The third-order valence-corrected chi connectivity index (χ3v) is 2.69. The molecule has 1 heterocycles. The molecule has 7 heteroatoms. The molecule has 0 unspecified atom stereocenters. The smallest absolute Gasteiger partial charge is 0.262 e. The van der Waals surface area contributed by atoms with Crippen molar-refractivity contribution in [2.75, 3.05) is 17.2 Å². The Hall–Kier alpha value is -1.79. The van der Waals surface area contributed by atoms with Crippen LogP contribution in [-0.4, -0.2) is 24.5 Å². The summed E-state index contributed by atoms with van der Waals surface area (Å²) in [4.78, 5) is 22.6. The molecule has 0 spiro atoms. The van der Waals surface area contributed by atoms with E-state index < -0.39 is 6.04 Å². The highest BCUT2D eigenvalue weighted by molar-refractivity contribution is 6.34. The van der Waals surface area contributed by atoms with E-state index in [4.69, 9.17) is 22.1 Å². The van der Waals surface area contributed by atoms with Crippen LogP contribution in [0.3, 0.4) is 0 Å².